The molecule has 1 aromatic carbocycles. The summed E-state index contributed by atoms with van der Waals surface area (Å²) in [5.41, 5.74) is 1.28. The summed E-state index contributed by atoms with van der Waals surface area (Å²) in [5.74, 6) is 0. The molecule has 0 aliphatic heterocycles. The second-order valence-electron chi connectivity index (χ2n) is 4.04. The van der Waals surface area contributed by atoms with E-state index in [-0.39, 0.29) is 5.56 Å². The highest BCUT2D eigenvalue weighted by molar-refractivity contribution is 9.10. The molecule has 0 amide bonds. The number of aromatic nitrogens is 1. The molecule has 18 heavy (non-hydrogen) atoms. The van der Waals surface area contributed by atoms with E-state index in [1.807, 2.05) is 24.4 Å². The Morgan fingerprint density at radius 2 is 1.89 bits per heavy atom. The molecule has 0 aliphatic rings. The maximum Gasteiger partial charge on any atom is 0.250 e. The first-order valence-electron chi connectivity index (χ1n) is 5.86. The summed E-state index contributed by atoms with van der Waals surface area (Å²) in [5, 5.41) is 3.32. The zero-order valence-corrected chi connectivity index (χ0v) is 11.6. The van der Waals surface area contributed by atoms with Gasteiger partial charge in [0.1, 0.15) is 0 Å². The molecule has 0 spiro atoms. The minimum atomic E-state index is 0.0444. The Labute approximate surface area is 115 Å². The lowest BCUT2D eigenvalue weighted by atomic mass is 10.2. The van der Waals surface area contributed by atoms with Gasteiger partial charge in [-0.05, 0) is 23.8 Å². The van der Waals surface area contributed by atoms with Crippen LogP contribution in [0.25, 0.3) is 0 Å². The van der Waals surface area contributed by atoms with Crippen molar-refractivity contribution < 1.29 is 0 Å². The number of benzene rings is 1. The Bertz CT molecular complexity index is 548. The van der Waals surface area contributed by atoms with E-state index in [0.29, 0.717) is 6.54 Å². The summed E-state index contributed by atoms with van der Waals surface area (Å²) in [6, 6.07) is 13.4. The van der Waals surface area contributed by atoms with Gasteiger partial charge in [-0.2, -0.15) is 0 Å². The van der Waals surface area contributed by atoms with Crippen LogP contribution in [0, 0.1) is 0 Å². The second kappa shape index (κ2) is 6.52. The van der Waals surface area contributed by atoms with E-state index in [2.05, 4.69) is 33.4 Å². The van der Waals surface area contributed by atoms with E-state index in [0.717, 1.165) is 17.6 Å². The molecule has 0 fully saturated rings. The Morgan fingerprint density at radius 3 is 2.61 bits per heavy atom. The van der Waals surface area contributed by atoms with E-state index < -0.39 is 0 Å². The van der Waals surface area contributed by atoms with Crippen LogP contribution in [0.4, 0.5) is 0 Å². The fraction of sp³-hybridized carbons (Fsp3) is 0.214. The zero-order chi connectivity index (χ0) is 12.8. The van der Waals surface area contributed by atoms with Crippen LogP contribution in [0.5, 0.6) is 0 Å². The Kier molecular flexibility index (Phi) is 4.73. The van der Waals surface area contributed by atoms with E-state index in [1.54, 1.807) is 16.7 Å². The average Bonchev–Trinajstić information content (AvgIpc) is 2.39. The third kappa shape index (κ3) is 3.82. The van der Waals surface area contributed by atoms with Crippen molar-refractivity contribution in [2.24, 2.45) is 0 Å². The second-order valence-corrected chi connectivity index (χ2v) is 4.95. The van der Waals surface area contributed by atoms with Crippen LogP contribution in [-0.4, -0.2) is 11.1 Å². The largest absolute Gasteiger partial charge is 0.314 e. The molecule has 4 heteroatoms. The predicted molar refractivity (Wildman–Crippen MR) is 76.6 cm³/mol. The van der Waals surface area contributed by atoms with E-state index in [4.69, 9.17) is 0 Å². The maximum absolute atomic E-state index is 11.5. The summed E-state index contributed by atoms with van der Waals surface area (Å²) in [4.78, 5) is 11.5. The SMILES string of the molecule is O=c1ccccn1CCNCc1ccc(Br)cc1. The van der Waals surface area contributed by atoms with Gasteiger partial charge < -0.3 is 9.88 Å². The van der Waals surface area contributed by atoms with Crippen molar-refractivity contribution in [1.82, 2.24) is 9.88 Å². The van der Waals surface area contributed by atoms with Gasteiger partial charge in [0.05, 0.1) is 0 Å². The summed E-state index contributed by atoms with van der Waals surface area (Å²) >= 11 is 3.41. The van der Waals surface area contributed by atoms with Crippen molar-refractivity contribution in [2.45, 2.75) is 13.1 Å². The standard InChI is InChI=1S/C14H15BrN2O/c15-13-6-4-12(5-7-13)11-16-8-10-17-9-2-1-3-14(17)18/h1-7,9,16H,8,10-11H2. The molecular weight excluding hydrogens is 292 g/mol. The van der Waals surface area contributed by atoms with Gasteiger partial charge >= 0.3 is 0 Å². The highest BCUT2D eigenvalue weighted by atomic mass is 79.9. The first kappa shape index (κ1) is 13.1. The molecule has 0 bridgehead atoms. The third-order valence-electron chi connectivity index (χ3n) is 2.67. The topological polar surface area (TPSA) is 34.0 Å². The van der Waals surface area contributed by atoms with Crippen molar-refractivity contribution in [2.75, 3.05) is 6.54 Å². The lowest BCUT2D eigenvalue weighted by molar-refractivity contribution is 0.585. The van der Waals surface area contributed by atoms with Gasteiger partial charge in [-0.25, -0.2) is 0 Å². The number of rotatable bonds is 5. The number of hydrogen-bond donors (Lipinski definition) is 1. The van der Waals surface area contributed by atoms with Gasteiger partial charge in [-0.1, -0.05) is 34.1 Å². The number of hydrogen-bond acceptors (Lipinski definition) is 2. The van der Waals surface area contributed by atoms with Crippen LogP contribution >= 0.6 is 15.9 Å². The van der Waals surface area contributed by atoms with Gasteiger partial charge in [-0.15, -0.1) is 0 Å². The van der Waals surface area contributed by atoms with Gasteiger partial charge in [-0.3, -0.25) is 4.79 Å². The predicted octanol–water partition coefficient (Wildman–Crippen LogP) is 2.40. The van der Waals surface area contributed by atoms with E-state index in [1.165, 1.54) is 5.56 Å². The van der Waals surface area contributed by atoms with Crippen LogP contribution in [0.1, 0.15) is 5.56 Å². The van der Waals surface area contributed by atoms with Crippen molar-refractivity contribution in [3.05, 3.63) is 69.1 Å². The minimum Gasteiger partial charge on any atom is -0.314 e. The normalized spacial score (nSPS) is 10.5. The lowest BCUT2D eigenvalue weighted by Crippen LogP contribution is -2.25. The molecule has 94 valence electrons. The molecule has 0 saturated carbocycles. The number of nitrogens with one attached hydrogen (secondary N) is 1. The van der Waals surface area contributed by atoms with Crippen LogP contribution in [0.15, 0.2) is 57.9 Å². The summed E-state index contributed by atoms with van der Waals surface area (Å²) in [6.45, 7) is 2.28. The average molecular weight is 307 g/mol. The third-order valence-corrected chi connectivity index (χ3v) is 3.20. The molecule has 2 rings (SSSR count). The molecule has 2 aromatic rings. The van der Waals surface area contributed by atoms with Crippen molar-refractivity contribution in [3.63, 3.8) is 0 Å². The summed E-state index contributed by atoms with van der Waals surface area (Å²) in [6.07, 6.45) is 1.81. The van der Waals surface area contributed by atoms with Gasteiger partial charge in [0.2, 0.25) is 0 Å². The summed E-state index contributed by atoms with van der Waals surface area (Å²) in [7, 11) is 0. The van der Waals surface area contributed by atoms with Crippen LogP contribution in [0.3, 0.4) is 0 Å². The van der Waals surface area contributed by atoms with Gasteiger partial charge in [0.15, 0.2) is 0 Å². The zero-order valence-electron chi connectivity index (χ0n) is 9.97. The molecule has 0 saturated heterocycles. The fourth-order valence-electron chi connectivity index (χ4n) is 1.68. The molecule has 0 unspecified atom stereocenters. The highest BCUT2D eigenvalue weighted by Crippen LogP contribution is 2.09. The van der Waals surface area contributed by atoms with Crippen LogP contribution in [-0.2, 0) is 13.1 Å². The number of pyridine rings is 1. The number of nitrogens with zero attached hydrogens (tertiary/aromatic N) is 1. The first-order chi connectivity index (χ1) is 8.75. The van der Waals surface area contributed by atoms with Crippen molar-refractivity contribution >= 4 is 15.9 Å². The van der Waals surface area contributed by atoms with Crippen molar-refractivity contribution in [1.29, 1.82) is 0 Å². The van der Waals surface area contributed by atoms with E-state index in [9.17, 15) is 4.79 Å². The molecular formula is C14H15BrN2O. The minimum absolute atomic E-state index is 0.0444. The lowest BCUT2D eigenvalue weighted by Gasteiger charge is -2.07. The Balaban J connectivity index is 1.78. The first-order valence-corrected chi connectivity index (χ1v) is 6.65. The summed E-state index contributed by atoms with van der Waals surface area (Å²) < 4.78 is 2.79. The fourth-order valence-corrected chi connectivity index (χ4v) is 1.94. The van der Waals surface area contributed by atoms with E-state index >= 15 is 0 Å². The Hall–Kier alpha value is -1.39. The number of halogens is 1. The molecule has 1 heterocycles. The smallest absolute Gasteiger partial charge is 0.250 e. The van der Waals surface area contributed by atoms with Crippen molar-refractivity contribution in [3.8, 4) is 0 Å². The molecule has 0 radical (unpaired) electrons. The van der Waals surface area contributed by atoms with Crippen LogP contribution in [0.2, 0.25) is 0 Å². The molecule has 1 N–H and O–H groups in total. The van der Waals surface area contributed by atoms with Crippen LogP contribution < -0.4 is 10.9 Å². The molecule has 0 aliphatic carbocycles. The highest BCUT2D eigenvalue weighted by Gasteiger charge is 1.95. The van der Waals surface area contributed by atoms with Gasteiger partial charge in [0.25, 0.3) is 5.56 Å². The maximum atomic E-state index is 11.5. The molecule has 3 nitrogen and oxygen atoms in total. The monoisotopic (exact) mass is 306 g/mol. The Morgan fingerprint density at radius 1 is 1.11 bits per heavy atom. The molecule has 1 aromatic heterocycles. The quantitative estimate of drug-likeness (QED) is 0.861. The van der Waals surface area contributed by atoms with Gasteiger partial charge in [0, 0.05) is 36.4 Å². The molecule has 0 atom stereocenters.